The molecule has 0 aromatic rings. The van der Waals surface area contributed by atoms with E-state index in [1.807, 2.05) is 0 Å². The van der Waals surface area contributed by atoms with Crippen molar-refractivity contribution in [2.45, 2.75) is 50.8 Å². The van der Waals surface area contributed by atoms with Gasteiger partial charge in [0.25, 0.3) is 0 Å². The molecule has 3 heteroatoms. The maximum atomic E-state index is 5.70. The molecule has 0 radical (unpaired) electrons. The van der Waals surface area contributed by atoms with Gasteiger partial charge in [-0.15, -0.1) is 0 Å². The lowest BCUT2D eigenvalue weighted by Gasteiger charge is -2.46. The summed E-state index contributed by atoms with van der Waals surface area (Å²) in [6.07, 6.45) is 5.97. The number of rotatable bonds is 1. The molecule has 0 amide bonds. The van der Waals surface area contributed by atoms with Crippen LogP contribution in [0.1, 0.15) is 32.6 Å². The summed E-state index contributed by atoms with van der Waals surface area (Å²) < 4.78 is 5.70. The summed E-state index contributed by atoms with van der Waals surface area (Å²) >= 11 is 0. The van der Waals surface area contributed by atoms with Gasteiger partial charge in [-0.2, -0.15) is 0 Å². The van der Waals surface area contributed by atoms with Gasteiger partial charge in [0.2, 0.25) is 0 Å². The average Bonchev–Trinajstić information content (AvgIpc) is 2.75. The van der Waals surface area contributed by atoms with E-state index in [-0.39, 0.29) is 0 Å². The third kappa shape index (κ3) is 2.01. The molecule has 3 atom stereocenters. The first-order chi connectivity index (χ1) is 7.84. The summed E-state index contributed by atoms with van der Waals surface area (Å²) in [4.78, 5) is 5.41. The minimum absolute atomic E-state index is 0.454. The normalized spacial score (nSPS) is 42.2. The summed E-state index contributed by atoms with van der Waals surface area (Å²) in [7, 11) is 0. The van der Waals surface area contributed by atoms with E-state index >= 15 is 0 Å². The molecule has 16 heavy (non-hydrogen) atoms. The molecule has 0 saturated carbocycles. The van der Waals surface area contributed by atoms with E-state index in [0.29, 0.717) is 12.1 Å². The molecule has 3 fully saturated rings. The first-order valence-electron chi connectivity index (χ1n) is 6.94. The van der Waals surface area contributed by atoms with Crippen LogP contribution in [0, 0.1) is 0 Å². The minimum Gasteiger partial charge on any atom is -0.377 e. The molecule has 0 aliphatic carbocycles. The zero-order chi connectivity index (χ0) is 11.0. The van der Waals surface area contributed by atoms with Crippen molar-refractivity contribution in [3.63, 3.8) is 0 Å². The van der Waals surface area contributed by atoms with Crippen LogP contribution in [0.3, 0.4) is 0 Å². The summed E-state index contributed by atoms with van der Waals surface area (Å²) in [6, 6.07) is 1.54. The number of fused-ring (bicyclic) bond motifs is 1. The third-order valence-electron chi connectivity index (χ3n) is 4.67. The molecule has 0 aromatic heterocycles. The summed E-state index contributed by atoms with van der Waals surface area (Å²) in [5.74, 6) is 0. The Morgan fingerprint density at radius 3 is 2.69 bits per heavy atom. The third-order valence-corrected chi connectivity index (χ3v) is 4.67. The highest BCUT2D eigenvalue weighted by Crippen LogP contribution is 2.26. The van der Waals surface area contributed by atoms with Crippen LogP contribution in [-0.2, 0) is 4.74 Å². The lowest BCUT2D eigenvalue weighted by molar-refractivity contribution is 0.00590. The first-order valence-corrected chi connectivity index (χ1v) is 6.94. The predicted octanol–water partition coefficient (Wildman–Crippen LogP) is 1.33. The topological polar surface area (TPSA) is 15.7 Å². The smallest absolute Gasteiger partial charge is 0.0703 e. The van der Waals surface area contributed by atoms with E-state index < -0.39 is 0 Å². The van der Waals surface area contributed by atoms with Gasteiger partial charge in [0.05, 0.1) is 6.10 Å². The molecule has 0 aromatic carbocycles. The molecule has 92 valence electrons. The second kappa shape index (κ2) is 4.63. The van der Waals surface area contributed by atoms with E-state index in [4.69, 9.17) is 4.74 Å². The van der Waals surface area contributed by atoms with Crippen molar-refractivity contribution >= 4 is 0 Å². The predicted molar refractivity (Wildman–Crippen MR) is 64.6 cm³/mol. The first kappa shape index (κ1) is 11.0. The Bertz CT molecular complexity index is 246. The molecule has 0 N–H and O–H groups in total. The highest BCUT2D eigenvalue weighted by atomic mass is 16.5. The van der Waals surface area contributed by atoms with E-state index in [9.17, 15) is 0 Å². The molecule has 3 heterocycles. The Hall–Kier alpha value is -0.120. The maximum absolute atomic E-state index is 5.70. The van der Waals surface area contributed by atoms with Crippen molar-refractivity contribution in [1.82, 2.24) is 9.80 Å². The fourth-order valence-corrected chi connectivity index (χ4v) is 3.68. The van der Waals surface area contributed by atoms with E-state index in [1.54, 1.807) is 0 Å². The number of ether oxygens (including phenoxy) is 1. The Labute approximate surface area is 98.7 Å². The quantitative estimate of drug-likeness (QED) is 0.668. The van der Waals surface area contributed by atoms with Crippen molar-refractivity contribution in [1.29, 1.82) is 0 Å². The molecule has 3 unspecified atom stereocenters. The fraction of sp³-hybridized carbons (Fsp3) is 1.00. The monoisotopic (exact) mass is 224 g/mol. The van der Waals surface area contributed by atoms with E-state index in [0.717, 1.165) is 12.6 Å². The Morgan fingerprint density at radius 1 is 1.00 bits per heavy atom. The Morgan fingerprint density at radius 2 is 1.88 bits per heavy atom. The van der Waals surface area contributed by atoms with Crippen molar-refractivity contribution in [3.8, 4) is 0 Å². The van der Waals surface area contributed by atoms with Crippen molar-refractivity contribution in [3.05, 3.63) is 0 Å². The van der Waals surface area contributed by atoms with Crippen LogP contribution in [-0.4, -0.2) is 60.8 Å². The largest absolute Gasteiger partial charge is 0.377 e. The highest BCUT2D eigenvalue weighted by molar-refractivity contribution is 4.91. The van der Waals surface area contributed by atoms with Crippen LogP contribution in [0.15, 0.2) is 0 Å². The van der Waals surface area contributed by atoms with Gasteiger partial charge in [0.15, 0.2) is 0 Å². The fourth-order valence-electron chi connectivity index (χ4n) is 3.68. The molecule has 3 aliphatic heterocycles. The zero-order valence-electron chi connectivity index (χ0n) is 10.4. The van der Waals surface area contributed by atoms with Crippen LogP contribution in [0.5, 0.6) is 0 Å². The van der Waals surface area contributed by atoms with Crippen LogP contribution < -0.4 is 0 Å². The van der Waals surface area contributed by atoms with Gasteiger partial charge in [-0.05, 0) is 32.7 Å². The molecule has 3 saturated heterocycles. The van der Waals surface area contributed by atoms with Gasteiger partial charge in [0.1, 0.15) is 0 Å². The highest BCUT2D eigenvalue weighted by Gasteiger charge is 2.36. The summed E-state index contributed by atoms with van der Waals surface area (Å²) in [5.41, 5.74) is 0. The van der Waals surface area contributed by atoms with Gasteiger partial charge in [-0.3, -0.25) is 9.80 Å². The summed E-state index contributed by atoms with van der Waals surface area (Å²) in [6.45, 7) is 8.39. The molecule has 3 rings (SSSR count). The van der Waals surface area contributed by atoms with Gasteiger partial charge in [-0.25, -0.2) is 0 Å². The lowest BCUT2D eigenvalue weighted by atomic mass is 9.97. The van der Waals surface area contributed by atoms with Crippen LogP contribution >= 0.6 is 0 Å². The molecular formula is C13H24N2O. The second-order valence-electron chi connectivity index (χ2n) is 5.61. The van der Waals surface area contributed by atoms with Gasteiger partial charge in [0, 0.05) is 38.3 Å². The summed E-state index contributed by atoms with van der Waals surface area (Å²) in [5, 5.41) is 0. The maximum Gasteiger partial charge on any atom is 0.0703 e. The number of nitrogens with zero attached hydrogens (tertiary/aromatic N) is 2. The van der Waals surface area contributed by atoms with E-state index in [2.05, 4.69) is 16.7 Å². The Balaban J connectivity index is 1.61. The van der Waals surface area contributed by atoms with Gasteiger partial charge < -0.3 is 4.74 Å². The molecule has 3 aliphatic rings. The molecule has 3 nitrogen and oxygen atoms in total. The van der Waals surface area contributed by atoms with Gasteiger partial charge in [-0.1, -0.05) is 6.42 Å². The molecular weight excluding hydrogens is 200 g/mol. The Kier molecular flexibility index (Phi) is 3.18. The molecule has 0 spiro atoms. The standard InChI is InChI=1S/C13H24N2O/c1-11-13(5-9-16-11)15-8-7-14-6-3-2-4-12(14)10-15/h11-13H,2-10H2,1H3. The van der Waals surface area contributed by atoms with Crippen LogP contribution in [0.4, 0.5) is 0 Å². The SMILES string of the molecule is CC1OCCC1N1CCN2CCCCC2C1. The van der Waals surface area contributed by atoms with Crippen LogP contribution in [0.2, 0.25) is 0 Å². The number of hydrogen-bond donors (Lipinski definition) is 0. The van der Waals surface area contributed by atoms with Crippen molar-refractivity contribution in [2.75, 3.05) is 32.8 Å². The molecule has 0 bridgehead atoms. The lowest BCUT2D eigenvalue weighted by Crippen LogP contribution is -2.58. The van der Waals surface area contributed by atoms with Crippen LogP contribution in [0.25, 0.3) is 0 Å². The zero-order valence-corrected chi connectivity index (χ0v) is 10.4. The number of piperazine rings is 1. The number of hydrogen-bond acceptors (Lipinski definition) is 3. The van der Waals surface area contributed by atoms with E-state index in [1.165, 1.54) is 51.9 Å². The minimum atomic E-state index is 0.454. The number of piperidine rings is 1. The van der Waals surface area contributed by atoms with Gasteiger partial charge >= 0.3 is 0 Å². The van der Waals surface area contributed by atoms with Crippen molar-refractivity contribution in [2.24, 2.45) is 0 Å². The van der Waals surface area contributed by atoms with Crippen molar-refractivity contribution < 1.29 is 4.74 Å². The average molecular weight is 224 g/mol. The second-order valence-corrected chi connectivity index (χ2v) is 5.61.